The number of carboxylic acid groups (broad SMARTS) is 1. The lowest BCUT2D eigenvalue weighted by atomic mass is 10.1. The quantitative estimate of drug-likeness (QED) is 0.574. The molecule has 20 heavy (non-hydrogen) atoms. The van der Waals surface area contributed by atoms with Gasteiger partial charge in [-0.1, -0.05) is 18.2 Å². The molecule has 0 atom stereocenters. The first-order chi connectivity index (χ1) is 9.66. The second-order valence-corrected chi connectivity index (χ2v) is 4.79. The van der Waals surface area contributed by atoms with Crippen molar-refractivity contribution in [3.05, 3.63) is 64.4 Å². The van der Waals surface area contributed by atoms with E-state index in [0.717, 1.165) is 21.8 Å². The number of nitrogens with zero attached hydrogens (tertiary/aromatic N) is 1. The predicted molar refractivity (Wildman–Crippen MR) is 76.8 cm³/mol. The van der Waals surface area contributed by atoms with Gasteiger partial charge in [-0.25, -0.2) is 4.79 Å². The van der Waals surface area contributed by atoms with Crippen molar-refractivity contribution in [2.45, 2.75) is 0 Å². The van der Waals surface area contributed by atoms with E-state index in [4.69, 9.17) is 0 Å². The summed E-state index contributed by atoms with van der Waals surface area (Å²) in [5.41, 5.74) is 1.73. The third-order valence-electron chi connectivity index (χ3n) is 3.69. The van der Waals surface area contributed by atoms with Crippen molar-refractivity contribution in [3.63, 3.8) is 0 Å². The van der Waals surface area contributed by atoms with Crippen LogP contribution in [-0.2, 0) is 0 Å². The maximum atomic E-state index is 12.0. The van der Waals surface area contributed by atoms with Crippen LogP contribution in [0.5, 0.6) is 0 Å². The molecular weight excluding hydrogens is 254 g/mol. The summed E-state index contributed by atoms with van der Waals surface area (Å²) < 4.78 is 1.94. The highest BCUT2D eigenvalue weighted by Crippen LogP contribution is 2.31. The fourth-order valence-corrected chi connectivity index (χ4v) is 2.83. The van der Waals surface area contributed by atoms with Gasteiger partial charge >= 0.3 is 5.97 Å². The summed E-state index contributed by atoms with van der Waals surface area (Å²) in [6, 6.07) is 12.3. The number of aromatic nitrogens is 1. The van der Waals surface area contributed by atoms with Crippen LogP contribution in [0.15, 0.2) is 53.5 Å². The lowest BCUT2D eigenvalue weighted by Crippen LogP contribution is -2.04. The van der Waals surface area contributed by atoms with Gasteiger partial charge in [0.2, 0.25) is 0 Å². The molecule has 0 saturated carbocycles. The largest absolute Gasteiger partial charge is 0.478 e. The first kappa shape index (κ1) is 11.0. The highest BCUT2D eigenvalue weighted by molar-refractivity contribution is 6.15. The van der Waals surface area contributed by atoms with Crippen molar-refractivity contribution in [1.29, 1.82) is 0 Å². The van der Waals surface area contributed by atoms with Crippen LogP contribution >= 0.6 is 0 Å². The van der Waals surface area contributed by atoms with E-state index in [1.54, 1.807) is 12.3 Å². The summed E-state index contributed by atoms with van der Waals surface area (Å²) in [6.45, 7) is 0. The number of hydrogen-bond acceptors (Lipinski definition) is 2. The third kappa shape index (κ3) is 1.25. The van der Waals surface area contributed by atoms with E-state index in [1.807, 2.05) is 28.7 Å². The van der Waals surface area contributed by atoms with Crippen molar-refractivity contribution < 1.29 is 9.90 Å². The average molecular weight is 263 g/mol. The Morgan fingerprint density at radius 1 is 1.00 bits per heavy atom. The fourth-order valence-electron chi connectivity index (χ4n) is 2.83. The summed E-state index contributed by atoms with van der Waals surface area (Å²) >= 11 is 0. The van der Waals surface area contributed by atoms with Gasteiger partial charge in [0.15, 0.2) is 5.43 Å². The van der Waals surface area contributed by atoms with Gasteiger partial charge in [-0.3, -0.25) is 4.79 Å². The molecule has 96 valence electrons. The molecule has 0 bridgehead atoms. The van der Waals surface area contributed by atoms with E-state index >= 15 is 0 Å². The maximum absolute atomic E-state index is 12.0. The molecule has 4 nitrogen and oxygen atoms in total. The molecule has 0 aliphatic rings. The van der Waals surface area contributed by atoms with Crippen molar-refractivity contribution in [3.8, 4) is 0 Å². The Balaban J connectivity index is 2.41. The Hall–Kier alpha value is -2.88. The molecule has 1 N–H and O–H groups in total. The number of hydrogen-bond donors (Lipinski definition) is 1. The number of carboxylic acids is 1. The monoisotopic (exact) mass is 263 g/mol. The SMILES string of the molecule is O=C(O)c1cc2c(=O)ccn3c4ccccc4c(c1)c23. The Morgan fingerprint density at radius 3 is 2.55 bits per heavy atom. The average Bonchev–Trinajstić information content (AvgIpc) is 2.78. The number of aromatic carboxylic acids is 1. The predicted octanol–water partition coefficient (Wildman–Crippen LogP) is 2.74. The van der Waals surface area contributed by atoms with Crippen molar-refractivity contribution >= 4 is 33.2 Å². The number of pyridine rings is 1. The highest BCUT2D eigenvalue weighted by Gasteiger charge is 2.15. The maximum Gasteiger partial charge on any atom is 0.335 e. The summed E-state index contributed by atoms with van der Waals surface area (Å²) in [5, 5.41) is 11.4. The van der Waals surface area contributed by atoms with Crippen molar-refractivity contribution in [1.82, 2.24) is 4.40 Å². The number of benzene rings is 2. The Morgan fingerprint density at radius 2 is 1.75 bits per heavy atom. The molecule has 0 saturated heterocycles. The van der Waals surface area contributed by atoms with E-state index in [1.165, 1.54) is 12.1 Å². The Bertz CT molecular complexity index is 1050. The molecule has 0 amide bonds. The van der Waals surface area contributed by atoms with Crippen LogP contribution in [-0.4, -0.2) is 15.5 Å². The summed E-state index contributed by atoms with van der Waals surface area (Å²) in [6.07, 6.45) is 1.74. The standard InChI is InChI=1S/C16H9NO3/c18-14-5-6-17-13-4-2-1-3-10(13)11-7-9(16(19)20)8-12(14)15(11)17/h1-8H,(H,19,20). The van der Waals surface area contributed by atoms with E-state index in [9.17, 15) is 14.7 Å². The minimum atomic E-state index is -1.03. The van der Waals surface area contributed by atoms with Crippen LogP contribution in [0, 0.1) is 0 Å². The van der Waals surface area contributed by atoms with Gasteiger partial charge in [-0.15, -0.1) is 0 Å². The number of carbonyl (C=O) groups is 1. The fraction of sp³-hybridized carbons (Fsp3) is 0. The number of rotatable bonds is 1. The van der Waals surface area contributed by atoms with E-state index in [-0.39, 0.29) is 11.0 Å². The molecular formula is C16H9NO3. The highest BCUT2D eigenvalue weighted by atomic mass is 16.4. The summed E-state index contributed by atoms with van der Waals surface area (Å²) in [5.74, 6) is -1.03. The lowest BCUT2D eigenvalue weighted by molar-refractivity contribution is 0.0697. The first-order valence-electron chi connectivity index (χ1n) is 6.19. The molecule has 0 fully saturated rings. The normalized spacial score (nSPS) is 11.6. The van der Waals surface area contributed by atoms with Crippen LogP contribution in [0.25, 0.3) is 27.2 Å². The van der Waals surface area contributed by atoms with Gasteiger partial charge in [0.25, 0.3) is 0 Å². The van der Waals surface area contributed by atoms with Crippen molar-refractivity contribution in [2.24, 2.45) is 0 Å². The van der Waals surface area contributed by atoms with Gasteiger partial charge < -0.3 is 9.51 Å². The van der Waals surface area contributed by atoms with Gasteiger partial charge in [-0.2, -0.15) is 0 Å². The molecule has 4 rings (SSSR count). The zero-order chi connectivity index (χ0) is 13.9. The summed E-state index contributed by atoms with van der Waals surface area (Å²) in [7, 11) is 0. The number of para-hydroxylation sites is 1. The summed E-state index contributed by atoms with van der Waals surface area (Å²) in [4.78, 5) is 23.3. The second kappa shape index (κ2) is 3.57. The van der Waals surface area contributed by atoms with Crippen molar-refractivity contribution in [2.75, 3.05) is 0 Å². The lowest BCUT2D eigenvalue weighted by Gasteiger charge is -2.01. The van der Waals surface area contributed by atoms with Crippen LogP contribution in [0.3, 0.4) is 0 Å². The van der Waals surface area contributed by atoms with E-state index in [0.29, 0.717) is 5.39 Å². The van der Waals surface area contributed by atoms with Crippen LogP contribution in [0.4, 0.5) is 0 Å². The van der Waals surface area contributed by atoms with Gasteiger partial charge in [0.05, 0.1) is 16.6 Å². The molecule has 4 aromatic rings. The molecule has 0 aliphatic carbocycles. The van der Waals surface area contributed by atoms with Crippen LogP contribution in [0.2, 0.25) is 0 Å². The van der Waals surface area contributed by atoms with Crippen LogP contribution in [0.1, 0.15) is 10.4 Å². The minimum Gasteiger partial charge on any atom is -0.478 e. The molecule has 2 aromatic heterocycles. The van der Waals surface area contributed by atoms with E-state index in [2.05, 4.69) is 0 Å². The second-order valence-electron chi connectivity index (χ2n) is 4.79. The molecule has 0 radical (unpaired) electrons. The molecule has 0 spiro atoms. The van der Waals surface area contributed by atoms with E-state index < -0.39 is 5.97 Å². The van der Waals surface area contributed by atoms with Gasteiger partial charge in [0.1, 0.15) is 0 Å². The molecule has 4 heteroatoms. The zero-order valence-corrected chi connectivity index (χ0v) is 10.3. The topological polar surface area (TPSA) is 58.8 Å². The van der Waals surface area contributed by atoms with Gasteiger partial charge in [0, 0.05) is 28.4 Å². The molecule has 0 unspecified atom stereocenters. The molecule has 0 aliphatic heterocycles. The minimum absolute atomic E-state index is 0.138. The Labute approximate surface area is 112 Å². The zero-order valence-electron chi connectivity index (χ0n) is 10.3. The first-order valence-corrected chi connectivity index (χ1v) is 6.19. The van der Waals surface area contributed by atoms with Crippen LogP contribution < -0.4 is 5.43 Å². The van der Waals surface area contributed by atoms with Gasteiger partial charge in [-0.05, 0) is 18.2 Å². The number of fused-ring (bicyclic) bond motifs is 3. The molecule has 2 aromatic carbocycles. The Kier molecular flexibility index (Phi) is 1.96. The third-order valence-corrected chi connectivity index (χ3v) is 3.69. The molecule has 2 heterocycles. The smallest absolute Gasteiger partial charge is 0.335 e.